The number of aliphatic hydroxyl groups is 1. The van der Waals surface area contributed by atoms with E-state index in [1.807, 2.05) is 19.1 Å². The number of amidine groups is 1. The van der Waals surface area contributed by atoms with Crippen molar-refractivity contribution in [2.45, 2.75) is 13.3 Å². The lowest BCUT2D eigenvalue weighted by Crippen LogP contribution is -2.50. The number of oxazole rings is 1. The van der Waals surface area contributed by atoms with Crippen molar-refractivity contribution in [3.8, 4) is 22.1 Å². The standard InChI is InChI=1S/C19H15ClF2N4O2S/c1-9-3-6-14(29-9)18-25-17(26-8-13(22)16(23-2)24-19(26)27)15(28-18)10-4-5-11(20)12(21)7-10/h3-8,19,27H,1-2H3,(H,23,24). The number of aliphatic hydroxyl groups excluding tert-OH is 1. The van der Waals surface area contributed by atoms with Crippen LogP contribution < -0.4 is 10.2 Å². The second kappa shape index (κ2) is 7.58. The third-order valence-corrected chi connectivity index (χ3v) is 5.51. The number of nitrogens with zero attached hydrogens (tertiary/aromatic N) is 3. The molecule has 3 aromatic rings. The van der Waals surface area contributed by atoms with Gasteiger partial charge in [-0.1, -0.05) is 11.6 Å². The molecule has 6 nitrogen and oxygen atoms in total. The van der Waals surface area contributed by atoms with E-state index in [9.17, 15) is 13.9 Å². The van der Waals surface area contributed by atoms with Crippen molar-refractivity contribution in [2.75, 3.05) is 11.9 Å². The fourth-order valence-corrected chi connectivity index (χ4v) is 3.74. The molecule has 1 atom stereocenters. The Kier molecular flexibility index (Phi) is 5.12. The molecule has 2 N–H and O–H groups in total. The van der Waals surface area contributed by atoms with Crippen LogP contribution in [0.2, 0.25) is 5.02 Å². The van der Waals surface area contributed by atoms with E-state index in [1.165, 1.54) is 30.5 Å². The van der Waals surface area contributed by atoms with Crippen molar-refractivity contribution in [1.29, 1.82) is 0 Å². The Morgan fingerprint density at radius 3 is 2.76 bits per heavy atom. The highest BCUT2D eigenvalue weighted by atomic mass is 35.5. The monoisotopic (exact) mass is 436 g/mol. The van der Waals surface area contributed by atoms with Gasteiger partial charge in [-0.05, 0) is 37.3 Å². The van der Waals surface area contributed by atoms with E-state index in [-0.39, 0.29) is 28.3 Å². The number of nitrogens with one attached hydrogen (secondary N) is 1. The third kappa shape index (κ3) is 3.64. The van der Waals surface area contributed by atoms with Crippen LogP contribution in [0.1, 0.15) is 4.88 Å². The van der Waals surface area contributed by atoms with Crippen LogP contribution in [0.3, 0.4) is 0 Å². The molecule has 1 aliphatic heterocycles. The van der Waals surface area contributed by atoms with E-state index in [2.05, 4.69) is 15.3 Å². The summed E-state index contributed by atoms with van der Waals surface area (Å²) in [5.74, 6) is -0.895. The lowest BCUT2D eigenvalue weighted by molar-refractivity contribution is 0.160. The fourth-order valence-electron chi connectivity index (χ4n) is 2.83. The predicted octanol–water partition coefficient (Wildman–Crippen LogP) is 4.70. The molecule has 0 spiro atoms. The molecule has 0 fully saturated rings. The van der Waals surface area contributed by atoms with Gasteiger partial charge in [0.25, 0.3) is 0 Å². The molecule has 0 amide bonds. The maximum absolute atomic E-state index is 14.3. The Labute approximate surface area is 173 Å². The van der Waals surface area contributed by atoms with Crippen molar-refractivity contribution in [3.63, 3.8) is 0 Å². The molecule has 0 radical (unpaired) electrons. The minimum absolute atomic E-state index is 0.0432. The quantitative estimate of drug-likeness (QED) is 0.622. The van der Waals surface area contributed by atoms with E-state index >= 15 is 0 Å². The number of aliphatic imine (C=N–C) groups is 1. The lowest BCUT2D eigenvalue weighted by Gasteiger charge is -2.30. The molecule has 0 bridgehead atoms. The zero-order valence-electron chi connectivity index (χ0n) is 15.3. The number of hydrogen-bond donors (Lipinski definition) is 2. The van der Waals surface area contributed by atoms with Crippen molar-refractivity contribution in [2.24, 2.45) is 4.99 Å². The highest BCUT2D eigenvalue weighted by Crippen LogP contribution is 2.39. The zero-order chi connectivity index (χ0) is 20.7. The maximum atomic E-state index is 14.3. The summed E-state index contributed by atoms with van der Waals surface area (Å²) in [5.41, 5.74) is 0.338. The minimum Gasteiger partial charge on any atom is -0.433 e. The summed E-state index contributed by atoms with van der Waals surface area (Å²) in [4.78, 5) is 11.1. The van der Waals surface area contributed by atoms with Gasteiger partial charge in [0.15, 0.2) is 23.2 Å². The maximum Gasteiger partial charge on any atom is 0.239 e. The van der Waals surface area contributed by atoms with Gasteiger partial charge in [-0.3, -0.25) is 9.89 Å². The van der Waals surface area contributed by atoms with E-state index in [0.717, 1.165) is 20.9 Å². The minimum atomic E-state index is -1.35. The number of hydrogen-bond acceptors (Lipinski definition) is 6. The molecular formula is C19H15ClF2N4O2S. The number of anilines is 1. The predicted molar refractivity (Wildman–Crippen MR) is 109 cm³/mol. The van der Waals surface area contributed by atoms with E-state index < -0.39 is 18.0 Å². The van der Waals surface area contributed by atoms with Crippen molar-refractivity contribution in [3.05, 3.63) is 58.1 Å². The number of rotatable bonds is 3. The zero-order valence-corrected chi connectivity index (χ0v) is 16.9. The van der Waals surface area contributed by atoms with Crippen LogP contribution in [0.25, 0.3) is 22.1 Å². The van der Waals surface area contributed by atoms with Crippen LogP contribution in [0, 0.1) is 12.7 Å². The average Bonchev–Trinajstić information content (AvgIpc) is 3.32. The summed E-state index contributed by atoms with van der Waals surface area (Å²) in [7, 11) is 1.40. The van der Waals surface area contributed by atoms with Crippen molar-refractivity contribution >= 4 is 34.6 Å². The van der Waals surface area contributed by atoms with Crippen LogP contribution in [-0.4, -0.2) is 29.3 Å². The van der Waals surface area contributed by atoms with Crippen LogP contribution in [0.15, 0.2) is 51.8 Å². The average molecular weight is 437 g/mol. The highest BCUT2D eigenvalue weighted by molar-refractivity contribution is 7.15. The smallest absolute Gasteiger partial charge is 0.239 e. The van der Waals surface area contributed by atoms with E-state index in [0.29, 0.717) is 5.56 Å². The Balaban J connectivity index is 1.88. The number of aryl methyl sites for hydroxylation is 1. The first-order valence-corrected chi connectivity index (χ1v) is 9.67. The lowest BCUT2D eigenvalue weighted by atomic mass is 10.1. The van der Waals surface area contributed by atoms with Gasteiger partial charge in [-0.15, -0.1) is 11.3 Å². The number of benzene rings is 1. The summed E-state index contributed by atoms with van der Waals surface area (Å²) in [6.07, 6.45) is -0.298. The Bertz CT molecular complexity index is 1140. The van der Waals surface area contributed by atoms with Gasteiger partial charge in [0.1, 0.15) is 5.82 Å². The van der Waals surface area contributed by atoms with Gasteiger partial charge in [0, 0.05) is 23.7 Å². The van der Waals surface area contributed by atoms with Gasteiger partial charge >= 0.3 is 0 Å². The Morgan fingerprint density at radius 2 is 2.10 bits per heavy atom. The molecule has 29 heavy (non-hydrogen) atoms. The molecule has 3 heterocycles. The van der Waals surface area contributed by atoms with Gasteiger partial charge in [-0.2, -0.15) is 4.98 Å². The van der Waals surface area contributed by atoms with Crippen LogP contribution in [0.5, 0.6) is 0 Å². The first-order chi connectivity index (χ1) is 13.9. The molecule has 10 heteroatoms. The summed E-state index contributed by atoms with van der Waals surface area (Å²) >= 11 is 7.24. The van der Waals surface area contributed by atoms with Gasteiger partial charge in [0.2, 0.25) is 12.2 Å². The van der Waals surface area contributed by atoms with E-state index in [1.54, 1.807) is 6.07 Å². The SMILES string of the molecule is CN=C1NC(O)N(c2nc(-c3ccc(C)s3)oc2-c2ccc(Cl)c(F)c2)C=C1F. The molecule has 1 aliphatic rings. The second-order valence-electron chi connectivity index (χ2n) is 6.19. The molecule has 0 aliphatic carbocycles. The topological polar surface area (TPSA) is 73.9 Å². The van der Waals surface area contributed by atoms with Crippen LogP contribution >= 0.6 is 22.9 Å². The van der Waals surface area contributed by atoms with Gasteiger partial charge in [-0.25, -0.2) is 8.78 Å². The second-order valence-corrected chi connectivity index (χ2v) is 7.88. The molecule has 2 aromatic heterocycles. The summed E-state index contributed by atoms with van der Waals surface area (Å²) < 4.78 is 34.3. The number of halogens is 3. The van der Waals surface area contributed by atoms with Gasteiger partial charge in [0.05, 0.1) is 9.90 Å². The normalized spacial score (nSPS) is 18.1. The summed E-state index contributed by atoms with van der Waals surface area (Å²) in [6, 6.07) is 7.88. The highest BCUT2D eigenvalue weighted by Gasteiger charge is 2.30. The van der Waals surface area contributed by atoms with Crippen molar-refractivity contribution in [1.82, 2.24) is 10.3 Å². The Morgan fingerprint density at radius 1 is 1.31 bits per heavy atom. The van der Waals surface area contributed by atoms with Crippen LogP contribution in [-0.2, 0) is 0 Å². The number of aromatic nitrogens is 1. The summed E-state index contributed by atoms with van der Waals surface area (Å²) in [5, 5.41) is 12.9. The third-order valence-electron chi connectivity index (χ3n) is 4.22. The largest absolute Gasteiger partial charge is 0.433 e. The molecule has 4 rings (SSSR count). The van der Waals surface area contributed by atoms with Gasteiger partial charge < -0.3 is 14.8 Å². The molecule has 1 aromatic carbocycles. The number of thiophene rings is 1. The first-order valence-electron chi connectivity index (χ1n) is 8.48. The summed E-state index contributed by atoms with van der Waals surface area (Å²) in [6.45, 7) is 1.94. The van der Waals surface area contributed by atoms with E-state index in [4.69, 9.17) is 16.0 Å². The van der Waals surface area contributed by atoms with Crippen LogP contribution in [0.4, 0.5) is 14.6 Å². The first kappa shape index (κ1) is 19.6. The van der Waals surface area contributed by atoms with Crippen molar-refractivity contribution < 1.29 is 18.3 Å². The molecule has 150 valence electrons. The molecule has 0 saturated heterocycles. The molecule has 0 saturated carbocycles. The molecular weight excluding hydrogens is 422 g/mol. The fraction of sp³-hybridized carbons (Fsp3) is 0.158. The Hall–Kier alpha value is -2.75. The molecule has 1 unspecified atom stereocenters.